The number of halogens is 2. The number of alkyl halides is 1. The Morgan fingerprint density at radius 3 is 2.64 bits per heavy atom. The fourth-order valence-corrected chi connectivity index (χ4v) is 3.55. The maximum atomic E-state index is 9.38. The molecule has 0 fully saturated rings. The summed E-state index contributed by atoms with van der Waals surface area (Å²) >= 11 is 12.3. The van der Waals surface area contributed by atoms with Gasteiger partial charge < -0.3 is 14.8 Å². The molecule has 0 aliphatic heterocycles. The predicted molar refractivity (Wildman–Crippen MR) is 112 cm³/mol. The van der Waals surface area contributed by atoms with Crippen molar-refractivity contribution in [2.45, 2.75) is 19.0 Å². The molecule has 0 unspecified atom stereocenters. The zero-order valence-corrected chi connectivity index (χ0v) is 17.1. The van der Waals surface area contributed by atoms with E-state index in [1.165, 1.54) is 0 Å². The normalized spacial score (nSPS) is 10.7. The van der Waals surface area contributed by atoms with Crippen molar-refractivity contribution in [3.8, 4) is 11.8 Å². The summed E-state index contributed by atoms with van der Waals surface area (Å²) in [4.78, 5) is 4.55. The van der Waals surface area contributed by atoms with Gasteiger partial charge in [-0.2, -0.15) is 5.26 Å². The maximum Gasteiger partial charge on any atom is 0.137 e. The molecular formula is C21H19Cl2N3O2. The van der Waals surface area contributed by atoms with Crippen LogP contribution in [0.3, 0.4) is 0 Å². The number of pyridine rings is 1. The summed E-state index contributed by atoms with van der Waals surface area (Å²) in [5.74, 6) is 0.904. The molecule has 28 heavy (non-hydrogen) atoms. The van der Waals surface area contributed by atoms with E-state index >= 15 is 0 Å². The summed E-state index contributed by atoms with van der Waals surface area (Å²) in [5.41, 5.74) is 4.87. The zero-order chi connectivity index (χ0) is 20.1. The molecule has 144 valence electrons. The number of aromatic nitrogens is 1. The molecule has 0 saturated carbocycles. The number of hydrogen-bond acceptors (Lipinski definition) is 5. The number of hydrogen-bond donors (Lipinski definition) is 1. The molecular weight excluding hydrogens is 397 g/mol. The summed E-state index contributed by atoms with van der Waals surface area (Å²) < 4.78 is 10.5. The molecule has 0 saturated heterocycles. The average Bonchev–Trinajstić information content (AvgIpc) is 2.72. The average molecular weight is 416 g/mol. The van der Waals surface area contributed by atoms with Crippen molar-refractivity contribution in [2.75, 3.05) is 19.5 Å². The van der Waals surface area contributed by atoms with Gasteiger partial charge in [-0.05, 0) is 35.4 Å². The highest BCUT2D eigenvalue weighted by Gasteiger charge is 2.14. The van der Waals surface area contributed by atoms with Crippen LogP contribution in [-0.4, -0.2) is 19.2 Å². The van der Waals surface area contributed by atoms with Gasteiger partial charge in [-0.15, -0.1) is 11.6 Å². The van der Waals surface area contributed by atoms with E-state index in [1.807, 2.05) is 24.3 Å². The quantitative estimate of drug-likeness (QED) is 0.532. The summed E-state index contributed by atoms with van der Waals surface area (Å²) in [6.45, 7) is 0.925. The first-order valence-corrected chi connectivity index (χ1v) is 9.48. The predicted octanol–water partition coefficient (Wildman–Crippen LogP) is 5.27. The molecule has 2 aromatic carbocycles. The lowest BCUT2D eigenvalue weighted by molar-refractivity contribution is 0.185. The lowest BCUT2D eigenvalue weighted by Crippen LogP contribution is -2.06. The third kappa shape index (κ3) is 4.15. The van der Waals surface area contributed by atoms with Crippen molar-refractivity contribution in [2.24, 2.45) is 0 Å². The van der Waals surface area contributed by atoms with Gasteiger partial charge in [-0.25, -0.2) is 0 Å². The van der Waals surface area contributed by atoms with Gasteiger partial charge in [0.15, 0.2) is 0 Å². The number of nitriles is 1. The smallest absolute Gasteiger partial charge is 0.137 e. The van der Waals surface area contributed by atoms with E-state index in [0.717, 1.165) is 33.3 Å². The molecule has 0 aliphatic rings. The van der Waals surface area contributed by atoms with Crippen LogP contribution < -0.4 is 10.1 Å². The number of ether oxygens (including phenoxy) is 2. The van der Waals surface area contributed by atoms with Crippen LogP contribution in [0.15, 0.2) is 36.5 Å². The Morgan fingerprint density at radius 1 is 1.18 bits per heavy atom. The lowest BCUT2D eigenvalue weighted by Gasteiger charge is -2.16. The first-order valence-electron chi connectivity index (χ1n) is 8.57. The molecule has 0 radical (unpaired) electrons. The molecule has 0 amide bonds. The van der Waals surface area contributed by atoms with Gasteiger partial charge in [-0.1, -0.05) is 17.7 Å². The third-order valence-electron chi connectivity index (χ3n) is 4.39. The molecule has 7 heteroatoms. The summed E-state index contributed by atoms with van der Waals surface area (Å²) in [6, 6.07) is 11.4. The van der Waals surface area contributed by atoms with Gasteiger partial charge in [0.2, 0.25) is 0 Å². The Bertz CT molecular complexity index is 1050. The molecule has 1 aromatic heterocycles. The van der Waals surface area contributed by atoms with E-state index in [4.69, 9.17) is 32.7 Å². The number of benzene rings is 2. The third-order valence-corrected chi connectivity index (χ3v) is 4.97. The Labute approximate surface area is 173 Å². The summed E-state index contributed by atoms with van der Waals surface area (Å²) in [6.07, 6.45) is 1.78. The second kappa shape index (κ2) is 9.11. The molecule has 1 heterocycles. The standard InChI is InChI=1S/C21H19Cl2N3O2/c1-27-12-16-11-26-20-15(8-22)5-14(9-24)6-17(20)21(16)25-10-13-3-4-19(28-2)18(23)7-13/h3-7,11H,8,10,12H2,1-2H3,(H,25,26). The van der Waals surface area contributed by atoms with Crippen molar-refractivity contribution >= 4 is 39.8 Å². The Hall–Kier alpha value is -2.52. The minimum atomic E-state index is 0.274. The second-order valence-corrected chi connectivity index (χ2v) is 6.87. The van der Waals surface area contributed by atoms with Crippen LogP contribution in [-0.2, 0) is 23.8 Å². The number of nitrogens with one attached hydrogen (secondary N) is 1. The van der Waals surface area contributed by atoms with Crippen LogP contribution in [0, 0.1) is 11.3 Å². The number of anilines is 1. The van der Waals surface area contributed by atoms with Gasteiger partial charge in [0.05, 0.1) is 41.6 Å². The van der Waals surface area contributed by atoms with Gasteiger partial charge >= 0.3 is 0 Å². The topological polar surface area (TPSA) is 67.2 Å². The Kier molecular flexibility index (Phi) is 6.58. The van der Waals surface area contributed by atoms with E-state index in [1.54, 1.807) is 26.5 Å². The molecule has 5 nitrogen and oxygen atoms in total. The van der Waals surface area contributed by atoms with Gasteiger partial charge in [0.25, 0.3) is 0 Å². The van der Waals surface area contributed by atoms with E-state index in [-0.39, 0.29) is 5.88 Å². The second-order valence-electron chi connectivity index (χ2n) is 6.19. The fraction of sp³-hybridized carbons (Fsp3) is 0.238. The molecule has 0 spiro atoms. The van der Waals surface area contributed by atoms with E-state index in [2.05, 4.69) is 16.4 Å². The summed E-state index contributed by atoms with van der Waals surface area (Å²) in [5, 5.41) is 14.2. The summed E-state index contributed by atoms with van der Waals surface area (Å²) in [7, 11) is 3.22. The zero-order valence-electron chi connectivity index (χ0n) is 15.6. The van der Waals surface area contributed by atoms with Gasteiger partial charge in [0.1, 0.15) is 5.75 Å². The minimum Gasteiger partial charge on any atom is -0.495 e. The Morgan fingerprint density at radius 2 is 2.00 bits per heavy atom. The monoisotopic (exact) mass is 415 g/mol. The van der Waals surface area contributed by atoms with E-state index in [0.29, 0.717) is 29.5 Å². The number of fused-ring (bicyclic) bond motifs is 1. The number of methoxy groups -OCH3 is 2. The molecule has 0 atom stereocenters. The fourth-order valence-electron chi connectivity index (χ4n) is 3.07. The molecule has 0 bridgehead atoms. The van der Waals surface area contributed by atoms with Crippen LogP contribution in [0.1, 0.15) is 22.3 Å². The van der Waals surface area contributed by atoms with Crippen LogP contribution in [0.5, 0.6) is 5.75 Å². The number of nitrogens with zero attached hydrogens (tertiary/aromatic N) is 2. The maximum absolute atomic E-state index is 9.38. The first-order chi connectivity index (χ1) is 13.6. The number of rotatable bonds is 7. The molecule has 3 aromatic rings. The van der Waals surface area contributed by atoms with Gasteiger partial charge in [-0.3, -0.25) is 4.98 Å². The molecule has 0 aliphatic carbocycles. The van der Waals surface area contributed by atoms with E-state index < -0.39 is 0 Å². The van der Waals surface area contributed by atoms with Crippen molar-refractivity contribution < 1.29 is 9.47 Å². The van der Waals surface area contributed by atoms with Crippen molar-refractivity contribution in [3.05, 3.63) is 63.8 Å². The van der Waals surface area contributed by atoms with Crippen molar-refractivity contribution in [3.63, 3.8) is 0 Å². The largest absolute Gasteiger partial charge is 0.495 e. The molecule has 1 N–H and O–H groups in total. The van der Waals surface area contributed by atoms with Crippen molar-refractivity contribution in [1.82, 2.24) is 4.98 Å². The van der Waals surface area contributed by atoms with Crippen LogP contribution in [0.2, 0.25) is 5.02 Å². The lowest BCUT2D eigenvalue weighted by atomic mass is 10.0. The van der Waals surface area contributed by atoms with Crippen LogP contribution in [0.4, 0.5) is 5.69 Å². The highest BCUT2D eigenvalue weighted by atomic mass is 35.5. The first kappa shape index (κ1) is 20.2. The van der Waals surface area contributed by atoms with Crippen LogP contribution in [0.25, 0.3) is 10.9 Å². The highest BCUT2D eigenvalue weighted by molar-refractivity contribution is 6.32. The SMILES string of the molecule is COCc1cnc2c(CCl)cc(C#N)cc2c1NCc1ccc(OC)c(Cl)c1. The minimum absolute atomic E-state index is 0.274. The van der Waals surface area contributed by atoms with Crippen molar-refractivity contribution in [1.29, 1.82) is 5.26 Å². The van der Waals surface area contributed by atoms with Crippen LogP contribution >= 0.6 is 23.2 Å². The van der Waals surface area contributed by atoms with E-state index in [9.17, 15) is 5.26 Å². The Balaban J connectivity index is 2.05. The van der Waals surface area contributed by atoms with Gasteiger partial charge in [0, 0.05) is 36.7 Å². The highest BCUT2D eigenvalue weighted by Crippen LogP contribution is 2.32. The molecule has 3 rings (SSSR count).